The van der Waals surface area contributed by atoms with Crippen LogP contribution in [-0.2, 0) is 20.0 Å². The molecule has 2 amide bonds. The van der Waals surface area contributed by atoms with Crippen LogP contribution in [0.2, 0.25) is 0 Å². The molecule has 40 heavy (non-hydrogen) atoms. The number of hydrogen-bond acceptors (Lipinski definition) is 6. The highest BCUT2D eigenvalue weighted by Gasteiger charge is 2.21. The molecule has 12 heteroatoms. The highest BCUT2D eigenvalue weighted by atomic mass is 32.2. The van der Waals surface area contributed by atoms with E-state index >= 15 is 0 Å². The fourth-order valence-electron chi connectivity index (χ4n) is 3.39. The van der Waals surface area contributed by atoms with E-state index in [4.69, 9.17) is 0 Å². The van der Waals surface area contributed by atoms with Crippen LogP contribution >= 0.6 is 0 Å². The number of amides is 2. The molecule has 4 rings (SSSR count). The average Bonchev–Trinajstić information content (AvgIpc) is 2.89. The predicted molar refractivity (Wildman–Crippen MR) is 144 cm³/mol. The van der Waals surface area contributed by atoms with Crippen LogP contribution < -0.4 is 9.44 Å². The molecule has 0 fully saturated rings. The van der Waals surface area contributed by atoms with E-state index in [9.17, 15) is 35.2 Å². The van der Waals surface area contributed by atoms with Gasteiger partial charge >= 0.3 is 0 Å². The van der Waals surface area contributed by atoms with Gasteiger partial charge in [-0.05, 0) is 85.6 Å². The molecule has 0 aliphatic carbocycles. The zero-order valence-electron chi connectivity index (χ0n) is 21.3. The molecule has 8 nitrogen and oxygen atoms in total. The van der Waals surface area contributed by atoms with Crippen molar-refractivity contribution >= 4 is 31.9 Å². The monoisotopic (exact) mass is 586 g/mol. The van der Waals surface area contributed by atoms with Crippen LogP contribution in [0.4, 0.5) is 8.78 Å². The average molecular weight is 587 g/mol. The van der Waals surface area contributed by atoms with Gasteiger partial charge in [-0.1, -0.05) is 36.4 Å². The Morgan fingerprint density at radius 2 is 0.825 bits per heavy atom. The Kier molecular flexibility index (Phi) is 9.51. The number of carbonyl (C=O) groups excluding carboxylic acids is 2. The Hall–Kier alpha value is -4.42. The topological polar surface area (TPSA) is 126 Å². The molecule has 0 saturated carbocycles. The summed E-state index contributed by atoms with van der Waals surface area (Å²) in [6.45, 7) is 3.27. The first-order valence-corrected chi connectivity index (χ1v) is 14.5. The third-order valence-electron chi connectivity index (χ3n) is 5.43. The molecular weight excluding hydrogens is 562 g/mol. The second-order valence-corrected chi connectivity index (χ2v) is 11.7. The number of nitrogens with one attached hydrogen (secondary N) is 2. The molecule has 0 heterocycles. The first-order valence-electron chi connectivity index (χ1n) is 11.6. The quantitative estimate of drug-likeness (QED) is 0.343. The van der Waals surface area contributed by atoms with Gasteiger partial charge in [0.25, 0.3) is 31.9 Å². The smallest absolute Gasteiger partial charge is 0.265 e. The lowest BCUT2D eigenvalue weighted by Gasteiger charge is -2.09. The molecule has 0 aliphatic rings. The van der Waals surface area contributed by atoms with Gasteiger partial charge in [-0.2, -0.15) is 0 Å². The van der Waals surface area contributed by atoms with Gasteiger partial charge in [0, 0.05) is 11.1 Å². The number of hydrogen-bond donors (Lipinski definition) is 2. The Labute approximate surface area is 230 Å². The molecule has 0 radical (unpaired) electrons. The minimum absolute atomic E-state index is 0.0375. The fraction of sp³-hybridized carbons (Fsp3) is 0.0714. The van der Waals surface area contributed by atoms with E-state index in [2.05, 4.69) is 0 Å². The zero-order chi connectivity index (χ0) is 29.5. The lowest BCUT2D eigenvalue weighted by atomic mass is 10.2. The summed E-state index contributed by atoms with van der Waals surface area (Å²) in [6.07, 6.45) is 0. The van der Waals surface area contributed by atoms with Crippen molar-refractivity contribution in [2.75, 3.05) is 0 Å². The highest BCUT2D eigenvalue weighted by Crippen LogP contribution is 2.16. The number of halogens is 2. The summed E-state index contributed by atoms with van der Waals surface area (Å²) < 4.78 is 77.8. The standard InChI is InChI=1S/2C14H12FNO3S/c2*1-10-4-2-3-5-13(10)20(18,19)16-14(17)11-6-8-12(15)9-7-11/h2*2-9H,1H3,(H,16,17). The van der Waals surface area contributed by atoms with Crippen molar-refractivity contribution in [3.8, 4) is 0 Å². The van der Waals surface area contributed by atoms with Crippen LogP contribution in [0.15, 0.2) is 107 Å². The van der Waals surface area contributed by atoms with Gasteiger partial charge in [-0.15, -0.1) is 0 Å². The van der Waals surface area contributed by atoms with Crippen molar-refractivity contribution in [3.05, 3.63) is 131 Å². The van der Waals surface area contributed by atoms with Crippen LogP contribution in [0.1, 0.15) is 31.8 Å². The summed E-state index contributed by atoms with van der Waals surface area (Å²) in [5.74, 6) is -2.59. The molecule has 0 atom stereocenters. The lowest BCUT2D eigenvalue weighted by Crippen LogP contribution is -2.31. The summed E-state index contributed by atoms with van der Waals surface area (Å²) in [5, 5.41) is 0. The molecule has 0 saturated heterocycles. The SMILES string of the molecule is Cc1ccccc1S(=O)(=O)NC(=O)c1ccc(F)cc1.Cc1ccccc1S(=O)(=O)NC(=O)c1ccc(F)cc1. The van der Waals surface area contributed by atoms with Crippen molar-refractivity contribution in [3.63, 3.8) is 0 Å². The van der Waals surface area contributed by atoms with Gasteiger partial charge in [-0.25, -0.2) is 35.1 Å². The molecular formula is C28H24F2N2O6S2. The maximum absolute atomic E-state index is 12.8. The zero-order valence-corrected chi connectivity index (χ0v) is 22.9. The molecule has 2 N–H and O–H groups in total. The van der Waals surface area contributed by atoms with Crippen LogP contribution in [-0.4, -0.2) is 28.6 Å². The van der Waals surface area contributed by atoms with Gasteiger partial charge in [0.15, 0.2) is 0 Å². The minimum atomic E-state index is -3.94. The highest BCUT2D eigenvalue weighted by molar-refractivity contribution is 7.90. The largest absolute Gasteiger partial charge is 0.268 e. The van der Waals surface area contributed by atoms with E-state index in [1.807, 2.05) is 9.44 Å². The summed E-state index contributed by atoms with van der Waals surface area (Å²) in [7, 11) is -7.88. The van der Waals surface area contributed by atoms with Gasteiger partial charge in [0.2, 0.25) is 0 Å². The van der Waals surface area contributed by atoms with Gasteiger partial charge in [-0.3, -0.25) is 9.59 Å². The van der Waals surface area contributed by atoms with E-state index in [0.29, 0.717) is 11.1 Å². The Bertz CT molecular complexity index is 1610. The predicted octanol–water partition coefficient (Wildman–Crippen LogP) is 4.51. The van der Waals surface area contributed by atoms with Crippen molar-refractivity contribution in [2.45, 2.75) is 23.6 Å². The van der Waals surface area contributed by atoms with Crippen molar-refractivity contribution in [1.82, 2.24) is 9.44 Å². The minimum Gasteiger partial charge on any atom is -0.268 e. The van der Waals surface area contributed by atoms with Crippen molar-refractivity contribution < 1.29 is 35.2 Å². The fourth-order valence-corrected chi connectivity index (χ4v) is 5.83. The van der Waals surface area contributed by atoms with Gasteiger partial charge in [0.05, 0.1) is 9.79 Å². The van der Waals surface area contributed by atoms with E-state index in [0.717, 1.165) is 24.3 Å². The summed E-state index contributed by atoms with van der Waals surface area (Å²) in [5.41, 5.74) is 1.21. The summed E-state index contributed by atoms with van der Waals surface area (Å²) in [4.78, 5) is 23.8. The number of carbonyl (C=O) groups is 2. The number of sulfonamides is 2. The van der Waals surface area contributed by atoms with E-state index in [1.54, 1.807) is 50.2 Å². The Morgan fingerprint density at radius 1 is 0.525 bits per heavy atom. The molecule has 0 unspecified atom stereocenters. The third kappa shape index (κ3) is 7.80. The number of benzene rings is 4. The Balaban J connectivity index is 0.000000220. The maximum Gasteiger partial charge on any atom is 0.265 e. The molecule has 4 aromatic carbocycles. The molecule has 0 aliphatic heterocycles. The van der Waals surface area contributed by atoms with Crippen LogP contribution in [0.3, 0.4) is 0 Å². The normalized spacial score (nSPS) is 11.1. The van der Waals surface area contributed by atoms with Crippen molar-refractivity contribution in [1.29, 1.82) is 0 Å². The van der Waals surface area contributed by atoms with Gasteiger partial charge < -0.3 is 0 Å². The molecule has 0 bridgehead atoms. The number of aryl methyl sites for hydroxylation is 2. The van der Waals surface area contributed by atoms with Crippen LogP contribution in [0, 0.1) is 25.5 Å². The lowest BCUT2D eigenvalue weighted by molar-refractivity contribution is 0.0972. The second kappa shape index (κ2) is 12.6. The second-order valence-electron chi connectivity index (χ2n) is 8.41. The van der Waals surface area contributed by atoms with Crippen LogP contribution in [0.5, 0.6) is 0 Å². The van der Waals surface area contributed by atoms with E-state index < -0.39 is 43.5 Å². The first-order chi connectivity index (χ1) is 18.8. The summed E-state index contributed by atoms with van der Waals surface area (Å²) in [6, 6.07) is 21.9. The molecule has 4 aromatic rings. The molecule has 0 spiro atoms. The van der Waals surface area contributed by atoms with Gasteiger partial charge in [0.1, 0.15) is 11.6 Å². The molecule has 0 aromatic heterocycles. The maximum atomic E-state index is 12.8. The van der Waals surface area contributed by atoms with E-state index in [-0.39, 0.29) is 20.9 Å². The van der Waals surface area contributed by atoms with Crippen LogP contribution in [0.25, 0.3) is 0 Å². The summed E-state index contributed by atoms with van der Waals surface area (Å²) >= 11 is 0. The Morgan fingerprint density at radius 3 is 1.12 bits per heavy atom. The first kappa shape index (κ1) is 30.1. The van der Waals surface area contributed by atoms with Crippen molar-refractivity contribution in [2.24, 2.45) is 0 Å². The molecule has 208 valence electrons. The van der Waals surface area contributed by atoms with E-state index in [1.165, 1.54) is 36.4 Å². The number of rotatable bonds is 6. The third-order valence-corrected chi connectivity index (χ3v) is 8.42.